The van der Waals surface area contributed by atoms with Crippen LogP contribution in [0.2, 0.25) is 0 Å². The molecule has 0 amide bonds. The van der Waals surface area contributed by atoms with E-state index in [1.807, 2.05) is 36.4 Å². The Morgan fingerprint density at radius 2 is 1.94 bits per heavy atom. The Kier molecular flexibility index (Phi) is 3.44. The van der Waals surface area contributed by atoms with Crippen LogP contribution in [0.4, 0.5) is 5.69 Å². The molecule has 0 spiro atoms. The van der Waals surface area contributed by atoms with Crippen molar-refractivity contribution in [3.8, 4) is 0 Å². The van der Waals surface area contributed by atoms with Crippen molar-refractivity contribution in [2.45, 2.75) is 13.3 Å². The molecule has 2 rings (SSSR count). The fourth-order valence-electron chi connectivity index (χ4n) is 1.52. The minimum absolute atomic E-state index is 0.883. The van der Waals surface area contributed by atoms with Crippen molar-refractivity contribution in [2.75, 3.05) is 0 Å². The van der Waals surface area contributed by atoms with Crippen LogP contribution in [0.25, 0.3) is 0 Å². The lowest BCUT2D eigenvalue weighted by Gasteiger charge is -2.00. The molecule has 2 nitrogen and oxygen atoms in total. The Bertz CT molecular complexity index is 475. The van der Waals surface area contributed by atoms with Crippen LogP contribution in [0.1, 0.15) is 18.2 Å². The predicted octanol–water partition coefficient (Wildman–Crippen LogP) is 3.39. The van der Waals surface area contributed by atoms with Gasteiger partial charge in [-0.1, -0.05) is 31.2 Å². The summed E-state index contributed by atoms with van der Waals surface area (Å²) in [6.07, 6.45) is 4.57. The van der Waals surface area contributed by atoms with Gasteiger partial charge in [0.15, 0.2) is 0 Å². The Balaban J connectivity index is 2.24. The van der Waals surface area contributed by atoms with Gasteiger partial charge in [0, 0.05) is 6.20 Å². The zero-order valence-electron chi connectivity index (χ0n) is 9.30. The van der Waals surface area contributed by atoms with Crippen LogP contribution in [0.3, 0.4) is 0 Å². The zero-order chi connectivity index (χ0) is 11.2. The van der Waals surface area contributed by atoms with Gasteiger partial charge >= 0.3 is 0 Å². The lowest BCUT2D eigenvalue weighted by atomic mass is 10.1. The first-order valence-electron chi connectivity index (χ1n) is 5.43. The molecule has 2 aromatic rings. The molecule has 0 aliphatic carbocycles. The van der Waals surface area contributed by atoms with Gasteiger partial charge in [-0.05, 0) is 30.2 Å². The van der Waals surface area contributed by atoms with E-state index in [1.165, 1.54) is 5.56 Å². The zero-order valence-corrected chi connectivity index (χ0v) is 9.30. The second kappa shape index (κ2) is 5.21. The number of para-hydroxylation sites is 1. The van der Waals surface area contributed by atoms with E-state index in [0.29, 0.717) is 0 Å². The Labute approximate surface area is 95.7 Å². The highest BCUT2D eigenvalue weighted by molar-refractivity contribution is 5.79. The van der Waals surface area contributed by atoms with Crippen LogP contribution in [-0.4, -0.2) is 11.2 Å². The first-order chi connectivity index (χ1) is 7.90. The van der Waals surface area contributed by atoms with Gasteiger partial charge in [-0.3, -0.25) is 9.98 Å². The molecule has 0 radical (unpaired) electrons. The van der Waals surface area contributed by atoms with E-state index in [2.05, 4.69) is 23.0 Å². The number of pyridine rings is 1. The molecular formula is C14H14N2. The Hall–Kier alpha value is -1.96. The highest BCUT2D eigenvalue weighted by atomic mass is 14.8. The van der Waals surface area contributed by atoms with Crippen molar-refractivity contribution in [1.82, 2.24) is 4.98 Å². The fourth-order valence-corrected chi connectivity index (χ4v) is 1.52. The molecule has 0 saturated heterocycles. The molecule has 2 heteroatoms. The summed E-state index contributed by atoms with van der Waals surface area (Å²) >= 11 is 0. The first-order valence-corrected chi connectivity index (χ1v) is 5.43. The molecule has 0 N–H and O–H groups in total. The third kappa shape index (κ3) is 2.54. The Morgan fingerprint density at radius 3 is 2.69 bits per heavy atom. The lowest BCUT2D eigenvalue weighted by Crippen LogP contribution is -1.85. The van der Waals surface area contributed by atoms with Crippen molar-refractivity contribution in [3.63, 3.8) is 0 Å². The topological polar surface area (TPSA) is 25.2 Å². The molecule has 80 valence electrons. The summed E-state index contributed by atoms with van der Waals surface area (Å²) in [7, 11) is 0. The second-order valence-electron chi connectivity index (χ2n) is 3.50. The van der Waals surface area contributed by atoms with E-state index >= 15 is 0 Å². The number of aromatic nitrogens is 1. The summed E-state index contributed by atoms with van der Waals surface area (Å²) in [6, 6.07) is 14.0. The van der Waals surface area contributed by atoms with Gasteiger partial charge in [0.25, 0.3) is 0 Å². The SMILES string of the molecule is CCc1ccccc1N=Cc1ccccn1. The summed E-state index contributed by atoms with van der Waals surface area (Å²) < 4.78 is 0. The van der Waals surface area contributed by atoms with Gasteiger partial charge in [0.05, 0.1) is 17.6 Å². The van der Waals surface area contributed by atoms with E-state index < -0.39 is 0 Å². The summed E-state index contributed by atoms with van der Waals surface area (Å²) in [5.41, 5.74) is 3.17. The number of aryl methyl sites for hydroxylation is 1. The number of benzene rings is 1. The number of rotatable bonds is 3. The quantitative estimate of drug-likeness (QED) is 0.713. The van der Waals surface area contributed by atoms with E-state index in [-0.39, 0.29) is 0 Å². The Morgan fingerprint density at radius 1 is 1.12 bits per heavy atom. The van der Waals surface area contributed by atoms with E-state index in [4.69, 9.17) is 0 Å². The largest absolute Gasteiger partial charge is 0.255 e. The average Bonchev–Trinajstić information content (AvgIpc) is 2.38. The average molecular weight is 210 g/mol. The van der Waals surface area contributed by atoms with E-state index in [0.717, 1.165) is 17.8 Å². The molecule has 0 fully saturated rings. The number of hydrogen-bond donors (Lipinski definition) is 0. The molecule has 0 atom stereocenters. The number of hydrogen-bond acceptors (Lipinski definition) is 2. The van der Waals surface area contributed by atoms with Crippen LogP contribution < -0.4 is 0 Å². The predicted molar refractivity (Wildman–Crippen MR) is 67.3 cm³/mol. The normalized spacial score (nSPS) is 10.8. The van der Waals surface area contributed by atoms with Crippen LogP contribution in [0, 0.1) is 0 Å². The number of nitrogens with zero attached hydrogens (tertiary/aromatic N) is 2. The van der Waals surface area contributed by atoms with Crippen molar-refractivity contribution in [3.05, 3.63) is 59.9 Å². The standard InChI is InChI=1S/C14H14N2/c1-2-12-7-3-4-9-14(12)16-11-13-8-5-6-10-15-13/h3-11H,2H2,1H3. The molecule has 1 aromatic heterocycles. The summed E-state index contributed by atoms with van der Waals surface area (Å²) in [6.45, 7) is 2.13. The summed E-state index contributed by atoms with van der Waals surface area (Å²) in [5.74, 6) is 0. The van der Waals surface area contributed by atoms with Crippen molar-refractivity contribution in [1.29, 1.82) is 0 Å². The molecule has 0 saturated carbocycles. The van der Waals surface area contributed by atoms with Crippen molar-refractivity contribution >= 4 is 11.9 Å². The molecule has 0 bridgehead atoms. The van der Waals surface area contributed by atoms with Gasteiger partial charge < -0.3 is 0 Å². The highest BCUT2D eigenvalue weighted by Gasteiger charge is 1.95. The molecule has 16 heavy (non-hydrogen) atoms. The van der Waals surface area contributed by atoms with Gasteiger partial charge in [-0.2, -0.15) is 0 Å². The van der Waals surface area contributed by atoms with Crippen molar-refractivity contribution in [2.24, 2.45) is 4.99 Å². The third-order valence-electron chi connectivity index (χ3n) is 2.40. The van der Waals surface area contributed by atoms with Crippen LogP contribution in [-0.2, 0) is 6.42 Å². The minimum atomic E-state index is 0.883. The van der Waals surface area contributed by atoms with Gasteiger partial charge in [-0.15, -0.1) is 0 Å². The van der Waals surface area contributed by atoms with Crippen LogP contribution >= 0.6 is 0 Å². The highest BCUT2D eigenvalue weighted by Crippen LogP contribution is 2.18. The summed E-state index contributed by atoms with van der Waals surface area (Å²) in [5, 5.41) is 0. The van der Waals surface area contributed by atoms with Gasteiger partial charge in [0.1, 0.15) is 0 Å². The van der Waals surface area contributed by atoms with Crippen LogP contribution in [0.5, 0.6) is 0 Å². The van der Waals surface area contributed by atoms with E-state index in [9.17, 15) is 0 Å². The summed E-state index contributed by atoms with van der Waals surface area (Å²) in [4.78, 5) is 8.66. The minimum Gasteiger partial charge on any atom is -0.255 e. The second-order valence-corrected chi connectivity index (χ2v) is 3.50. The number of aliphatic imine (C=N–C) groups is 1. The molecular weight excluding hydrogens is 196 g/mol. The first kappa shape index (κ1) is 10.6. The maximum Gasteiger partial charge on any atom is 0.0812 e. The molecule has 0 aliphatic rings. The molecule has 0 aliphatic heterocycles. The monoisotopic (exact) mass is 210 g/mol. The van der Waals surface area contributed by atoms with Crippen molar-refractivity contribution < 1.29 is 0 Å². The lowest BCUT2D eigenvalue weighted by molar-refractivity contribution is 1.13. The van der Waals surface area contributed by atoms with Gasteiger partial charge in [-0.25, -0.2) is 0 Å². The maximum atomic E-state index is 4.46. The van der Waals surface area contributed by atoms with Gasteiger partial charge in [0.2, 0.25) is 0 Å². The molecule has 1 aromatic carbocycles. The third-order valence-corrected chi connectivity index (χ3v) is 2.40. The maximum absolute atomic E-state index is 4.46. The van der Waals surface area contributed by atoms with Crippen LogP contribution in [0.15, 0.2) is 53.7 Å². The fraction of sp³-hybridized carbons (Fsp3) is 0.143. The smallest absolute Gasteiger partial charge is 0.0812 e. The molecule has 1 heterocycles. The van der Waals surface area contributed by atoms with E-state index in [1.54, 1.807) is 12.4 Å². The molecule has 0 unspecified atom stereocenters.